The molecule has 0 saturated heterocycles. The quantitative estimate of drug-likeness (QED) is 0.814. The Morgan fingerprint density at radius 3 is 2.53 bits per heavy atom. The standard InChI is InChI=1S/C15H22BrN/c1-3-12-4-6-13(7-5-12)17-14-8-9-15(16)11(2)10-14/h8-10,12-13,17H,3-7H2,1-2H3. The van der Waals surface area contributed by atoms with Gasteiger partial charge >= 0.3 is 0 Å². The van der Waals surface area contributed by atoms with Crippen molar-refractivity contribution in [1.82, 2.24) is 0 Å². The van der Waals surface area contributed by atoms with Gasteiger partial charge in [0.25, 0.3) is 0 Å². The Kier molecular flexibility index (Phi) is 4.49. The van der Waals surface area contributed by atoms with Gasteiger partial charge in [0.05, 0.1) is 0 Å². The molecule has 0 amide bonds. The van der Waals surface area contributed by atoms with E-state index in [1.165, 1.54) is 47.8 Å². The first-order chi connectivity index (χ1) is 8.19. The minimum Gasteiger partial charge on any atom is -0.382 e. The van der Waals surface area contributed by atoms with Gasteiger partial charge in [-0.05, 0) is 62.3 Å². The molecule has 2 heteroatoms. The van der Waals surface area contributed by atoms with E-state index < -0.39 is 0 Å². The van der Waals surface area contributed by atoms with Crippen molar-refractivity contribution < 1.29 is 0 Å². The monoisotopic (exact) mass is 295 g/mol. The van der Waals surface area contributed by atoms with E-state index in [1.54, 1.807) is 0 Å². The SMILES string of the molecule is CCC1CCC(Nc2ccc(Br)c(C)c2)CC1. The normalized spacial score (nSPS) is 24.6. The molecule has 1 fully saturated rings. The highest BCUT2D eigenvalue weighted by atomic mass is 79.9. The summed E-state index contributed by atoms with van der Waals surface area (Å²) in [6.45, 7) is 4.46. The average molecular weight is 296 g/mol. The van der Waals surface area contributed by atoms with Crippen LogP contribution >= 0.6 is 15.9 Å². The highest BCUT2D eigenvalue weighted by Crippen LogP contribution is 2.29. The van der Waals surface area contributed by atoms with Crippen molar-refractivity contribution in [3.8, 4) is 0 Å². The third-order valence-corrected chi connectivity index (χ3v) is 4.84. The second kappa shape index (κ2) is 5.90. The maximum atomic E-state index is 3.67. The minimum atomic E-state index is 0.679. The second-order valence-corrected chi connectivity index (χ2v) is 6.09. The van der Waals surface area contributed by atoms with Crippen LogP contribution in [0, 0.1) is 12.8 Å². The molecule has 1 aromatic carbocycles. The Labute approximate surface area is 113 Å². The molecule has 0 spiro atoms. The van der Waals surface area contributed by atoms with Crippen molar-refractivity contribution in [2.24, 2.45) is 5.92 Å². The van der Waals surface area contributed by atoms with Gasteiger partial charge in [-0.15, -0.1) is 0 Å². The first-order valence-electron chi connectivity index (χ1n) is 6.71. The van der Waals surface area contributed by atoms with Crippen molar-refractivity contribution in [3.05, 3.63) is 28.2 Å². The van der Waals surface area contributed by atoms with Crippen molar-refractivity contribution in [2.75, 3.05) is 5.32 Å². The molecular weight excluding hydrogens is 274 g/mol. The lowest BCUT2D eigenvalue weighted by molar-refractivity contribution is 0.330. The minimum absolute atomic E-state index is 0.679. The predicted molar refractivity (Wildman–Crippen MR) is 78.5 cm³/mol. The molecule has 1 nitrogen and oxygen atoms in total. The van der Waals surface area contributed by atoms with Gasteiger partial charge in [-0.3, -0.25) is 0 Å². The molecule has 0 aromatic heterocycles. The fraction of sp³-hybridized carbons (Fsp3) is 0.600. The number of rotatable bonds is 3. The first kappa shape index (κ1) is 12.9. The fourth-order valence-corrected chi connectivity index (χ4v) is 2.93. The van der Waals surface area contributed by atoms with Crippen LogP contribution in [0.3, 0.4) is 0 Å². The topological polar surface area (TPSA) is 12.0 Å². The summed E-state index contributed by atoms with van der Waals surface area (Å²) in [6.07, 6.45) is 6.79. The molecule has 1 aromatic rings. The van der Waals surface area contributed by atoms with E-state index in [0.717, 1.165) is 5.92 Å². The number of nitrogens with one attached hydrogen (secondary N) is 1. The summed E-state index contributed by atoms with van der Waals surface area (Å²) in [5.74, 6) is 0.972. The molecule has 0 bridgehead atoms. The molecule has 2 rings (SSSR count). The van der Waals surface area contributed by atoms with E-state index in [4.69, 9.17) is 0 Å². The van der Waals surface area contributed by atoms with Crippen molar-refractivity contribution in [1.29, 1.82) is 0 Å². The van der Waals surface area contributed by atoms with E-state index >= 15 is 0 Å². The lowest BCUT2D eigenvalue weighted by Gasteiger charge is -2.29. The summed E-state index contributed by atoms with van der Waals surface area (Å²) < 4.78 is 1.19. The third kappa shape index (κ3) is 3.48. The summed E-state index contributed by atoms with van der Waals surface area (Å²) >= 11 is 3.54. The molecule has 1 aliphatic carbocycles. The molecule has 1 N–H and O–H groups in total. The van der Waals surface area contributed by atoms with Crippen LogP contribution in [-0.2, 0) is 0 Å². The largest absolute Gasteiger partial charge is 0.382 e. The summed E-state index contributed by atoms with van der Waals surface area (Å²) in [7, 11) is 0. The lowest BCUT2D eigenvalue weighted by atomic mass is 9.84. The van der Waals surface area contributed by atoms with Gasteiger partial charge in [0, 0.05) is 16.2 Å². The predicted octanol–water partition coefficient (Wildman–Crippen LogP) is 5.14. The number of aryl methyl sites for hydroxylation is 1. The van der Waals surface area contributed by atoms with Crippen LogP contribution in [0.4, 0.5) is 5.69 Å². The van der Waals surface area contributed by atoms with E-state index in [2.05, 4.69) is 53.3 Å². The Bertz CT molecular complexity index is 367. The van der Waals surface area contributed by atoms with Gasteiger partial charge in [0.1, 0.15) is 0 Å². The number of hydrogen-bond donors (Lipinski definition) is 1. The van der Waals surface area contributed by atoms with Crippen molar-refractivity contribution in [3.63, 3.8) is 0 Å². The van der Waals surface area contributed by atoms with E-state index in [0.29, 0.717) is 6.04 Å². The lowest BCUT2D eigenvalue weighted by Crippen LogP contribution is -2.25. The van der Waals surface area contributed by atoms with Crippen LogP contribution in [0.15, 0.2) is 22.7 Å². The van der Waals surface area contributed by atoms with Gasteiger partial charge in [0.2, 0.25) is 0 Å². The average Bonchev–Trinajstić information content (AvgIpc) is 2.35. The zero-order chi connectivity index (χ0) is 12.3. The molecular formula is C15H22BrN. The van der Waals surface area contributed by atoms with Gasteiger partial charge < -0.3 is 5.32 Å². The zero-order valence-corrected chi connectivity index (χ0v) is 12.4. The number of hydrogen-bond acceptors (Lipinski definition) is 1. The molecule has 94 valence electrons. The molecule has 0 unspecified atom stereocenters. The van der Waals surface area contributed by atoms with E-state index in [-0.39, 0.29) is 0 Å². The summed E-state index contributed by atoms with van der Waals surface area (Å²) in [5, 5.41) is 3.67. The van der Waals surface area contributed by atoms with Crippen LogP contribution < -0.4 is 5.32 Å². The molecule has 1 saturated carbocycles. The van der Waals surface area contributed by atoms with Crippen LogP contribution in [0.2, 0.25) is 0 Å². The van der Waals surface area contributed by atoms with Crippen LogP contribution in [0.1, 0.15) is 44.6 Å². The number of benzene rings is 1. The molecule has 17 heavy (non-hydrogen) atoms. The van der Waals surface area contributed by atoms with Gasteiger partial charge in [-0.25, -0.2) is 0 Å². The highest BCUT2D eigenvalue weighted by Gasteiger charge is 2.19. The van der Waals surface area contributed by atoms with Crippen molar-refractivity contribution in [2.45, 2.75) is 52.0 Å². The molecule has 0 heterocycles. The van der Waals surface area contributed by atoms with Gasteiger partial charge in [-0.2, -0.15) is 0 Å². The van der Waals surface area contributed by atoms with Gasteiger partial charge in [-0.1, -0.05) is 29.3 Å². The van der Waals surface area contributed by atoms with Crippen LogP contribution in [0.5, 0.6) is 0 Å². The van der Waals surface area contributed by atoms with Crippen LogP contribution in [0.25, 0.3) is 0 Å². The molecule has 1 aliphatic rings. The van der Waals surface area contributed by atoms with Gasteiger partial charge in [0.15, 0.2) is 0 Å². The highest BCUT2D eigenvalue weighted by molar-refractivity contribution is 9.10. The summed E-state index contributed by atoms with van der Waals surface area (Å²) in [5.41, 5.74) is 2.57. The summed E-state index contributed by atoms with van der Waals surface area (Å²) in [6, 6.07) is 7.22. The number of anilines is 1. The molecule has 0 radical (unpaired) electrons. The maximum absolute atomic E-state index is 3.67. The maximum Gasteiger partial charge on any atom is 0.0345 e. The molecule has 0 atom stereocenters. The Morgan fingerprint density at radius 1 is 1.24 bits per heavy atom. The third-order valence-electron chi connectivity index (χ3n) is 3.95. The van der Waals surface area contributed by atoms with Crippen LogP contribution in [-0.4, -0.2) is 6.04 Å². The first-order valence-corrected chi connectivity index (χ1v) is 7.51. The summed E-state index contributed by atoms with van der Waals surface area (Å²) in [4.78, 5) is 0. The molecule has 0 aliphatic heterocycles. The smallest absolute Gasteiger partial charge is 0.0345 e. The Hall–Kier alpha value is -0.500. The zero-order valence-electron chi connectivity index (χ0n) is 10.8. The number of halogens is 1. The van der Waals surface area contributed by atoms with E-state index in [1.807, 2.05) is 0 Å². The fourth-order valence-electron chi connectivity index (χ4n) is 2.69. The second-order valence-electron chi connectivity index (χ2n) is 5.23. The Balaban J connectivity index is 1.91. The van der Waals surface area contributed by atoms with E-state index in [9.17, 15) is 0 Å². The Morgan fingerprint density at radius 2 is 1.94 bits per heavy atom. The van der Waals surface area contributed by atoms with Crippen molar-refractivity contribution >= 4 is 21.6 Å².